The maximum Gasteiger partial charge on any atom is 0.276 e. The maximum absolute atomic E-state index is 10.9. The van der Waals surface area contributed by atoms with Gasteiger partial charge in [-0.05, 0) is 12.8 Å². The van der Waals surface area contributed by atoms with Crippen LogP contribution in [0.15, 0.2) is 0 Å². The van der Waals surface area contributed by atoms with Crippen LogP contribution in [0.4, 0.5) is 0 Å². The summed E-state index contributed by atoms with van der Waals surface area (Å²) in [4.78, 5) is 0. The fraction of sp³-hybridized carbons (Fsp3) is 1.00. The Balaban J connectivity index is 2.58. The highest BCUT2D eigenvalue weighted by Crippen LogP contribution is 2.30. The molecule has 1 saturated carbocycles. The van der Waals surface area contributed by atoms with Crippen LogP contribution in [0.5, 0.6) is 0 Å². The van der Waals surface area contributed by atoms with Gasteiger partial charge in [-0.2, -0.15) is 12.7 Å². The van der Waals surface area contributed by atoms with Crippen LogP contribution in [0, 0.1) is 0 Å². The standard InChI is InChI=1S/C7H16N2O3S/c1-9(13(8,11)12)6-7(10)4-2-3-5-7/h10H,2-6H2,1H3,(H2,8,11,12). The normalized spacial score (nSPS) is 22.5. The van der Waals surface area contributed by atoms with Gasteiger partial charge in [-0.1, -0.05) is 12.8 Å². The molecule has 0 amide bonds. The molecule has 1 aliphatic carbocycles. The van der Waals surface area contributed by atoms with Crippen LogP contribution in [-0.2, 0) is 10.2 Å². The molecule has 1 aliphatic rings. The number of hydrogen-bond acceptors (Lipinski definition) is 3. The van der Waals surface area contributed by atoms with Crippen molar-refractivity contribution in [3.63, 3.8) is 0 Å². The Morgan fingerprint density at radius 2 is 1.92 bits per heavy atom. The number of nitrogens with zero attached hydrogens (tertiary/aromatic N) is 1. The monoisotopic (exact) mass is 208 g/mol. The Morgan fingerprint density at radius 1 is 1.46 bits per heavy atom. The van der Waals surface area contributed by atoms with Crippen molar-refractivity contribution in [3.05, 3.63) is 0 Å². The third-order valence-electron chi connectivity index (χ3n) is 2.49. The summed E-state index contributed by atoms with van der Waals surface area (Å²) in [6.07, 6.45) is 3.23. The Bertz CT molecular complexity index is 269. The van der Waals surface area contributed by atoms with Crippen molar-refractivity contribution in [1.29, 1.82) is 0 Å². The van der Waals surface area contributed by atoms with E-state index in [0.29, 0.717) is 12.8 Å². The summed E-state index contributed by atoms with van der Waals surface area (Å²) in [5.74, 6) is 0. The molecular formula is C7H16N2O3S. The lowest BCUT2D eigenvalue weighted by atomic mass is 10.0. The van der Waals surface area contributed by atoms with E-state index in [0.717, 1.165) is 17.1 Å². The van der Waals surface area contributed by atoms with Crippen molar-refractivity contribution >= 4 is 10.2 Å². The van der Waals surface area contributed by atoms with E-state index in [1.807, 2.05) is 0 Å². The molecule has 13 heavy (non-hydrogen) atoms. The van der Waals surface area contributed by atoms with Crippen molar-refractivity contribution < 1.29 is 13.5 Å². The number of likely N-dealkylation sites (N-methyl/N-ethyl adjacent to an activating group) is 1. The van der Waals surface area contributed by atoms with Crippen LogP contribution in [0.2, 0.25) is 0 Å². The van der Waals surface area contributed by atoms with E-state index in [1.54, 1.807) is 0 Å². The lowest BCUT2D eigenvalue weighted by molar-refractivity contribution is 0.0333. The van der Waals surface area contributed by atoms with Gasteiger partial charge in [0.05, 0.1) is 5.60 Å². The lowest BCUT2D eigenvalue weighted by Gasteiger charge is -2.26. The number of hydrogen-bond donors (Lipinski definition) is 2. The fourth-order valence-corrected chi connectivity index (χ4v) is 2.12. The van der Waals surface area contributed by atoms with Crippen LogP contribution in [0.1, 0.15) is 25.7 Å². The molecule has 0 aromatic carbocycles. The highest BCUT2D eigenvalue weighted by molar-refractivity contribution is 7.86. The van der Waals surface area contributed by atoms with Gasteiger partial charge in [0.25, 0.3) is 10.2 Å². The first kappa shape index (κ1) is 10.9. The Kier molecular flexibility index (Phi) is 2.96. The summed E-state index contributed by atoms with van der Waals surface area (Å²) in [6, 6.07) is 0. The van der Waals surface area contributed by atoms with Crippen LogP contribution < -0.4 is 5.14 Å². The van der Waals surface area contributed by atoms with Crippen molar-refractivity contribution in [2.24, 2.45) is 5.14 Å². The van der Waals surface area contributed by atoms with E-state index >= 15 is 0 Å². The van der Waals surface area contributed by atoms with E-state index in [4.69, 9.17) is 5.14 Å². The molecule has 0 spiro atoms. The fourth-order valence-electron chi connectivity index (χ4n) is 1.70. The predicted molar refractivity (Wildman–Crippen MR) is 49.2 cm³/mol. The number of aliphatic hydroxyl groups is 1. The summed E-state index contributed by atoms with van der Waals surface area (Å²) in [5, 5.41) is 14.8. The minimum absolute atomic E-state index is 0.103. The second-order valence-electron chi connectivity index (χ2n) is 3.73. The maximum atomic E-state index is 10.9. The molecule has 0 heterocycles. The van der Waals surface area contributed by atoms with Crippen LogP contribution in [0.3, 0.4) is 0 Å². The molecule has 0 unspecified atom stereocenters. The molecule has 1 fully saturated rings. The molecule has 3 N–H and O–H groups in total. The van der Waals surface area contributed by atoms with Gasteiger partial charge < -0.3 is 5.11 Å². The second kappa shape index (κ2) is 3.53. The summed E-state index contributed by atoms with van der Waals surface area (Å²) in [7, 11) is -2.27. The van der Waals surface area contributed by atoms with E-state index in [-0.39, 0.29) is 6.54 Å². The zero-order chi connectivity index (χ0) is 10.1. The first-order valence-corrected chi connectivity index (χ1v) is 5.80. The van der Waals surface area contributed by atoms with Gasteiger partial charge in [0, 0.05) is 13.6 Å². The van der Waals surface area contributed by atoms with Gasteiger partial charge in [-0.25, -0.2) is 5.14 Å². The first-order chi connectivity index (χ1) is 5.83. The molecule has 0 aromatic rings. The van der Waals surface area contributed by atoms with Crippen molar-refractivity contribution in [2.75, 3.05) is 13.6 Å². The van der Waals surface area contributed by atoms with Gasteiger partial charge >= 0.3 is 0 Å². The summed E-state index contributed by atoms with van der Waals surface area (Å²) < 4.78 is 22.7. The Morgan fingerprint density at radius 3 is 2.31 bits per heavy atom. The van der Waals surface area contributed by atoms with Crippen molar-refractivity contribution in [3.8, 4) is 0 Å². The quantitative estimate of drug-likeness (QED) is 0.651. The van der Waals surface area contributed by atoms with E-state index in [2.05, 4.69) is 0 Å². The molecule has 1 rings (SSSR count). The zero-order valence-electron chi connectivity index (χ0n) is 7.73. The topological polar surface area (TPSA) is 83.6 Å². The minimum atomic E-state index is -3.66. The molecule has 0 aliphatic heterocycles. The third kappa shape index (κ3) is 2.91. The number of rotatable bonds is 3. The average molecular weight is 208 g/mol. The molecule has 6 heteroatoms. The third-order valence-corrected chi connectivity index (χ3v) is 3.48. The molecular weight excluding hydrogens is 192 g/mol. The highest BCUT2D eigenvalue weighted by atomic mass is 32.2. The van der Waals surface area contributed by atoms with Gasteiger partial charge in [0.2, 0.25) is 0 Å². The zero-order valence-corrected chi connectivity index (χ0v) is 8.55. The summed E-state index contributed by atoms with van der Waals surface area (Å²) >= 11 is 0. The second-order valence-corrected chi connectivity index (χ2v) is 5.39. The van der Waals surface area contributed by atoms with Crippen molar-refractivity contribution in [2.45, 2.75) is 31.3 Å². The molecule has 0 aromatic heterocycles. The van der Waals surface area contributed by atoms with Gasteiger partial charge in [-0.3, -0.25) is 0 Å². The average Bonchev–Trinajstić information content (AvgIpc) is 2.33. The lowest BCUT2D eigenvalue weighted by Crippen LogP contribution is -2.44. The van der Waals surface area contributed by atoms with Gasteiger partial charge in [0.15, 0.2) is 0 Å². The summed E-state index contributed by atoms with van der Waals surface area (Å²) in [6.45, 7) is 0.103. The van der Waals surface area contributed by atoms with Gasteiger partial charge in [0.1, 0.15) is 0 Å². The SMILES string of the molecule is CN(CC1(O)CCCC1)S(N)(=O)=O. The van der Waals surface area contributed by atoms with Crippen LogP contribution in [0.25, 0.3) is 0 Å². The highest BCUT2D eigenvalue weighted by Gasteiger charge is 2.34. The Hall–Kier alpha value is -0.170. The molecule has 5 nitrogen and oxygen atoms in total. The largest absolute Gasteiger partial charge is 0.389 e. The van der Waals surface area contributed by atoms with Crippen LogP contribution in [-0.4, -0.2) is 37.0 Å². The molecule has 0 atom stereocenters. The predicted octanol–water partition coefficient (Wildman–Crippen LogP) is -0.573. The molecule has 78 valence electrons. The summed E-state index contributed by atoms with van der Waals surface area (Å²) in [5.41, 5.74) is -0.860. The first-order valence-electron chi connectivity index (χ1n) is 4.30. The van der Waals surface area contributed by atoms with Crippen LogP contribution >= 0.6 is 0 Å². The van der Waals surface area contributed by atoms with E-state index in [9.17, 15) is 13.5 Å². The molecule has 0 radical (unpaired) electrons. The smallest absolute Gasteiger partial charge is 0.276 e. The molecule has 0 bridgehead atoms. The minimum Gasteiger partial charge on any atom is -0.389 e. The number of nitrogens with two attached hydrogens (primary N) is 1. The van der Waals surface area contributed by atoms with E-state index in [1.165, 1.54) is 7.05 Å². The Labute approximate surface area is 78.7 Å². The molecule has 0 saturated heterocycles. The van der Waals surface area contributed by atoms with Gasteiger partial charge in [-0.15, -0.1) is 0 Å². The van der Waals surface area contributed by atoms with Crippen molar-refractivity contribution in [1.82, 2.24) is 4.31 Å². The van der Waals surface area contributed by atoms with E-state index < -0.39 is 15.8 Å².